The maximum Gasteiger partial charge on any atom is 0.325 e. The first kappa shape index (κ1) is 22.0. The van der Waals surface area contributed by atoms with Crippen molar-refractivity contribution in [2.24, 2.45) is 0 Å². The minimum Gasteiger partial charge on any atom is -0.355 e. The normalized spacial score (nSPS) is 18.2. The maximum absolute atomic E-state index is 13.0. The van der Waals surface area contributed by atoms with Crippen LogP contribution in [0.4, 0.5) is 10.5 Å². The highest BCUT2D eigenvalue weighted by Crippen LogP contribution is 2.30. The number of carbonyl (C=O) groups is 4. The highest BCUT2D eigenvalue weighted by Gasteiger charge is 2.49. The molecule has 0 bridgehead atoms. The standard InChI is InChI=1S/C23H26N4O4/c1-14(2)15-8-10-17(11-9-15)23(3)21(30)27(22(31)26-23)13-19(28)25-18-7-5-6-16(12-18)20(29)24-4/h5-12,14H,13H2,1-4H3,(H,24,29)(H,25,28)(H,26,31)/t23-/m1/s1. The lowest BCUT2D eigenvalue weighted by Crippen LogP contribution is -2.42. The van der Waals surface area contributed by atoms with Crippen LogP contribution in [0.3, 0.4) is 0 Å². The molecule has 2 aromatic rings. The monoisotopic (exact) mass is 422 g/mol. The first-order valence-corrected chi connectivity index (χ1v) is 10.0. The van der Waals surface area contributed by atoms with Gasteiger partial charge in [0.15, 0.2) is 0 Å². The van der Waals surface area contributed by atoms with Crippen LogP contribution in [0, 0.1) is 0 Å². The minimum absolute atomic E-state index is 0.288. The topological polar surface area (TPSA) is 108 Å². The first-order chi connectivity index (χ1) is 14.7. The highest BCUT2D eigenvalue weighted by molar-refractivity contribution is 6.10. The zero-order chi connectivity index (χ0) is 22.8. The van der Waals surface area contributed by atoms with Crippen LogP contribution in [0.15, 0.2) is 48.5 Å². The third-order valence-corrected chi connectivity index (χ3v) is 5.37. The summed E-state index contributed by atoms with van der Waals surface area (Å²) in [6.45, 7) is 5.34. The SMILES string of the molecule is CNC(=O)c1cccc(NC(=O)CN2C(=O)N[C@](C)(c3ccc(C(C)C)cc3)C2=O)c1. The number of nitrogens with one attached hydrogen (secondary N) is 3. The van der Waals surface area contributed by atoms with Gasteiger partial charge in [-0.3, -0.25) is 19.3 Å². The van der Waals surface area contributed by atoms with Crippen molar-refractivity contribution in [2.75, 3.05) is 18.9 Å². The van der Waals surface area contributed by atoms with Crippen LogP contribution in [0.25, 0.3) is 0 Å². The van der Waals surface area contributed by atoms with E-state index in [2.05, 4.69) is 29.8 Å². The smallest absolute Gasteiger partial charge is 0.325 e. The molecule has 2 aromatic carbocycles. The van der Waals surface area contributed by atoms with Crippen molar-refractivity contribution in [3.05, 3.63) is 65.2 Å². The number of anilines is 1. The predicted octanol–water partition coefficient (Wildman–Crippen LogP) is 2.58. The van der Waals surface area contributed by atoms with Crippen molar-refractivity contribution < 1.29 is 19.2 Å². The van der Waals surface area contributed by atoms with E-state index in [1.165, 1.54) is 13.1 Å². The van der Waals surface area contributed by atoms with E-state index in [-0.39, 0.29) is 5.91 Å². The summed E-state index contributed by atoms with van der Waals surface area (Å²) in [5.74, 6) is -0.983. The molecule has 0 aliphatic carbocycles. The largest absolute Gasteiger partial charge is 0.355 e. The molecule has 1 atom stereocenters. The fourth-order valence-electron chi connectivity index (χ4n) is 3.46. The average molecular weight is 422 g/mol. The molecule has 0 unspecified atom stereocenters. The van der Waals surface area contributed by atoms with Crippen LogP contribution in [-0.2, 0) is 15.1 Å². The molecule has 0 saturated carbocycles. The fourth-order valence-corrected chi connectivity index (χ4v) is 3.46. The Hall–Kier alpha value is -3.68. The van der Waals surface area contributed by atoms with E-state index >= 15 is 0 Å². The third kappa shape index (κ3) is 4.42. The molecule has 8 nitrogen and oxygen atoms in total. The van der Waals surface area contributed by atoms with Gasteiger partial charge < -0.3 is 16.0 Å². The van der Waals surface area contributed by atoms with Gasteiger partial charge in [-0.25, -0.2) is 4.79 Å². The van der Waals surface area contributed by atoms with E-state index in [0.29, 0.717) is 22.7 Å². The zero-order valence-electron chi connectivity index (χ0n) is 18.0. The fraction of sp³-hybridized carbons (Fsp3) is 0.304. The Balaban J connectivity index is 1.72. The molecule has 1 aliphatic heterocycles. The van der Waals surface area contributed by atoms with Crippen molar-refractivity contribution in [3.63, 3.8) is 0 Å². The van der Waals surface area contributed by atoms with Crippen molar-refractivity contribution >= 4 is 29.4 Å². The Labute approximate surface area is 181 Å². The van der Waals surface area contributed by atoms with Crippen molar-refractivity contribution in [2.45, 2.75) is 32.2 Å². The number of urea groups is 1. The Morgan fingerprint density at radius 1 is 1.10 bits per heavy atom. The number of rotatable bonds is 6. The number of hydrogen-bond acceptors (Lipinski definition) is 4. The molecule has 31 heavy (non-hydrogen) atoms. The molecule has 0 aromatic heterocycles. The Morgan fingerprint density at radius 2 is 1.77 bits per heavy atom. The van der Waals surface area contributed by atoms with Gasteiger partial charge in [-0.1, -0.05) is 44.2 Å². The molecule has 0 spiro atoms. The minimum atomic E-state index is -1.24. The van der Waals surface area contributed by atoms with E-state index in [4.69, 9.17) is 0 Å². The summed E-state index contributed by atoms with van der Waals surface area (Å²) in [5, 5.41) is 7.83. The number of carbonyl (C=O) groups excluding carboxylic acids is 4. The quantitative estimate of drug-likeness (QED) is 0.622. The lowest BCUT2D eigenvalue weighted by molar-refractivity contribution is -0.133. The van der Waals surface area contributed by atoms with Crippen LogP contribution < -0.4 is 16.0 Å². The lowest BCUT2D eigenvalue weighted by Gasteiger charge is -2.22. The average Bonchev–Trinajstić information content (AvgIpc) is 2.97. The summed E-state index contributed by atoms with van der Waals surface area (Å²) in [6.07, 6.45) is 0. The zero-order valence-corrected chi connectivity index (χ0v) is 18.0. The van der Waals surface area contributed by atoms with Crippen LogP contribution in [0.2, 0.25) is 0 Å². The predicted molar refractivity (Wildman–Crippen MR) is 117 cm³/mol. The third-order valence-electron chi connectivity index (χ3n) is 5.37. The second kappa shape index (κ2) is 8.59. The molecule has 1 aliphatic rings. The van der Waals surface area contributed by atoms with Gasteiger partial charge in [0.05, 0.1) is 0 Å². The van der Waals surface area contributed by atoms with E-state index in [0.717, 1.165) is 10.5 Å². The second-order valence-corrected chi connectivity index (χ2v) is 7.93. The summed E-state index contributed by atoms with van der Waals surface area (Å²) < 4.78 is 0. The molecule has 8 heteroatoms. The van der Waals surface area contributed by atoms with Gasteiger partial charge in [0.2, 0.25) is 5.91 Å². The molecule has 3 N–H and O–H groups in total. The summed E-state index contributed by atoms with van der Waals surface area (Å²) in [6, 6.07) is 13.3. The number of benzene rings is 2. The van der Waals surface area contributed by atoms with Gasteiger partial charge >= 0.3 is 6.03 Å². The summed E-state index contributed by atoms with van der Waals surface area (Å²) in [7, 11) is 1.51. The number of amides is 5. The van der Waals surface area contributed by atoms with Crippen molar-refractivity contribution in [3.8, 4) is 0 Å². The van der Waals surface area contributed by atoms with Gasteiger partial charge in [-0.15, -0.1) is 0 Å². The molecule has 3 rings (SSSR count). The molecule has 5 amide bonds. The van der Waals surface area contributed by atoms with Gasteiger partial charge in [0.25, 0.3) is 11.8 Å². The van der Waals surface area contributed by atoms with E-state index in [1.54, 1.807) is 25.1 Å². The molecule has 1 heterocycles. The summed E-state index contributed by atoms with van der Waals surface area (Å²) >= 11 is 0. The molecular weight excluding hydrogens is 396 g/mol. The van der Waals surface area contributed by atoms with E-state index < -0.39 is 29.9 Å². The number of nitrogens with zero attached hydrogens (tertiary/aromatic N) is 1. The van der Waals surface area contributed by atoms with Crippen LogP contribution in [0.1, 0.15) is 48.2 Å². The maximum atomic E-state index is 13.0. The van der Waals surface area contributed by atoms with Crippen molar-refractivity contribution in [1.82, 2.24) is 15.5 Å². The highest BCUT2D eigenvalue weighted by atomic mass is 16.2. The van der Waals surface area contributed by atoms with Crippen LogP contribution >= 0.6 is 0 Å². The number of hydrogen-bond donors (Lipinski definition) is 3. The molecule has 0 radical (unpaired) electrons. The van der Waals surface area contributed by atoms with Crippen LogP contribution in [0.5, 0.6) is 0 Å². The number of imide groups is 1. The van der Waals surface area contributed by atoms with Gasteiger partial charge in [0, 0.05) is 18.3 Å². The second-order valence-electron chi connectivity index (χ2n) is 7.93. The Bertz CT molecular complexity index is 1030. The van der Waals surface area contributed by atoms with E-state index in [9.17, 15) is 19.2 Å². The molecular formula is C23H26N4O4. The molecule has 162 valence electrons. The van der Waals surface area contributed by atoms with Crippen molar-refractivity contribution in [1.29, 1.82) is 0 Å². The van der Waals surface area contributed by atoms with E-state index in [1.807, 2.05) is 24.3 Å². The van der Waals surface area contributed by atoms with Gasteiger partial charge in [-0.2, -0.15) is 0 Å². The Kier molecular flexibility index (Phi) is 6.10. The lowest BCUT2D eigenvalue weighted by atomic mass is 9.90. The molecule has 1 fully saturated rings. The Morgan fingerprint density at radius 3 is 2.39 bits per heavy atom. The van der Waals surface area contributed by atoms with Crippen LogP contribution in [-0.4, -0.2) is 42.2 Å². The summed E-state index contributed by atoms with van der Waals surface area (Å²) in [5.41, 5.74) is 1.31. The van der Waals surface area contributed by atoms with Gasteiger partial charge in [0.1, 0.15) is 12.1 Å². The first-order valence-electron chi connectivity index (χ1n) is 10.0. The molecule has 1 saturated heterocycles. The summed E-state index contributed by atoms with van der Waals surface area (Å²) in [4.78, 5) is 50.7. The van der Waals surface area contributed by atoms with Gasteiger partial charge in [-0.05, 0) is 42.2 Å².